The number of halogens is 1. The molecule has 0 unspecified atom stereocenters. The van der Waals surface area contributed by atoms with E-state index >= 15 is 0 Å². The number of nitrogens with zero attached hydrogens (tertiary/aromatic N) is 2. The maximum absolute atomic E-state index is 5.22. The topological polar surface area (TPSA) is 56.3 Å². The fraction of sp³-hybridized carbons (Fsp3) is 0.167. The van der Waals surface area contributed by atoms with Crippen molar-refractivity contribution in [3.05, 3.63) is 34.9 Å². The first-order chi connectivity index (χ1) is 8.72. The second-order valence-corrected chi connectivity index (χ2v) is 4.25. The lowest BCUT2D eigenvalue weighted by atomic mass is 10.3. The van der Waals surface area contributed by atoms with Crippen LogP contribution >= 0.6 is 15.9 Å². The van der Waals surface area contributed by atoms with Gasteiger partial charge in [-0.3, -0.25) is 0 Å². The summed E-state index contributed by atoms with van der Waals surface area (Å²) in [7, 11) is 3.18. The Labute approximate surface area is 113 Å². The van der Waals surface area contributed by atoms with E-state index in [0.29, 0.717) is 11.8 Å². The molecule has 0 saturated carbocycles. The summed E-state index contributed by atoms with van der Waals surface area (Å²) in [6.45, 7) is 0. The molecular weight excluding hydrogens is 298 g/mol. The van der Waals surface area contributed by atoms with E-state index in [1.54, 1.807) is 26.5 Å². The fourth-order valence-corrected chi connectivity index (χ4v) is 1.79. The van der Waals surface area contributed by atoms with E-state index in [1.165, 1.54) is 0 Å². The van der Waals surface area contributed by atoms with Gasteiger partial charge in [0, 0.05) is 24.0 Å². The third-order valence-electron chi connectivity index (χ3n) is 2.25. The summed E-state index contributed by atoms with van der Waals surface area (Å²) in [4.78, 5) is 8.27. The largest absolute Gasteiger partial charge is 0.495 e. The summed E-state index contributed by atoms with van der Waals surface area (Å²) in [6, 6.07) is 7.33. The molecule has 5 nitrogen and oxygen atoms in total. The Morgan fingerprint density at radius 3 is 2.72 bits per heavy atom. The van der Waals surface area contributed by atoms with Crippen LogP contribution in [0.25, 0.3) is 0 Å². The van der Waals surface area contributed by atoms with E-state index < -0.39 is 0 Å². The number of hydrogen-bond donors (Lipinski definition) is 1. The van der Waals surface area contributed by atoms with Crippen molar-refractivity contribution in [2.75, 3.05) is 19.5 Å². The normalized spacial score (nSPS) is 9.94. The first-order valence-corrected chi connectivity index (χ1v) is 6.00. The summed E-state index contributed by atoms with van der Waals surface area (Å²) in [5.41, 5.74) is 0.836. The number of anilines is 2. The fourth-order valence-electron chi connectivity index (χ4n) is 1.38. The van der Waals surface area contributed by atoms with Gasteiger partial charge in [0.15, 0.2) is 0 Å². The number of rotatable bonds is 4. The molecule has 0 saturated heterocycles. The van der Waals surface area contributed by atoms with Gasteiger partial charge in [-0.05, 0) is 28.1 Å². The Hall–Kier alpha value is -1.82. The first kappa shape index (κ1) is 12.6. The van der Waals surface area contributed by atoms with Gasteiger partial charge in [0.2, 0.25) is 11.8 Å². The van der Waals surface area contributed by atoms with Gasteiger partial charge < -0.3 is 14.8 Å². The Morgan fingerprint density at radius 1 is 1.17 bits per heavy atom. The van der Waals surface area contributed by atoms with Gasteiger partial charge in [-0.2, -0.15) is 4.98 Å². The van der Waals surface area contributed by atoms with Crippen LogP contribution in [0.5, 0.6) is 11.6 Å². The van der Waals surface area contributed by atoms with Gasteiger partial charge in [-0.15, -0.1) is 0 Å². The van der Waals surface area contributed by atoms with Gasteiger partial charge in [-0.1, -0.05) is 0 Å². The number of nitrogens with one attached hydrogen (secondary N) is 1. The molecule has 0 atom stereocenters. The standard InChI is InChI=1S/C12H12BrN3O2/c1-17-10-7-8(3-4-9(10)13)15-12-14-6-5-11(16-12)18-2/h3-7H,1-2H3,(H,14,15,16). The van der Waals surface area contributed by atoms with E-state index in [2.05, 4.69) is 31.2 Å². The zero-order chi connectivity index (χ0) is 13.0. The zero-order valence-corrected chi connectivity index (χ0v) is 11.6. The lowest BCUT2D eigenvalue weighted by Gasteiger charge is -2.08. The van der Waals surface area contributed by atoms with Crippen molar-refractivity contribution < 1.29 is 9.47 Å². The molecule has 0 fully saturated rings. The van der Waals surface area contributed by atoms with Gasteiger partial charge in [0.1, 0.15) is 5.75 Å². The van der Waals surface area contributed by atoms with Crippen LogP contribution in [0.15, 0.2) is 34.9 Å². The highest BCUT2D eigenvalue weighted by Crippen LogP contribution is 2.28. The first-order valence-electron chi connectivity index (χ1n) is 5.20. The summed E-state index contributed by atoms with van der Waals surface area (Å²) >= 11 is 3.39. The summed E-state index contributed by atoms with van der Waals surface area (Å²) < 4.78 is 11.1. The second kappa shape index (κ2) is 5.68. The summed E-state index contributed by atoms with van der Waals surface area (Å²) in [6.07, 6.45) is 1.63. The van der Waals surface area contributed by atoms with E-state index in [-0.39, 0.29) is 0 Å². The molecule has 1 heterocycles. The molecule has 0 radical (unpaired) electrons. The minimum absolute atomic E-state index is 0.471. The monoisotopic (exact) mass is 309 g/mol. The Bertz CT molecular complexity index is 549. The predicted molar refractivity (Wildman–Crippen MR) is 72.6 cm³/mol. The Morgan fingerprint density at radius 2 is 2.00 bits per heavy atom. The van der Waals surface area contributed by atoms with Crippen LogP contribution in [0.3, 0.4) is 0 Å². The van der Waals surface area contributed by atoms with E-state index in [0.717, 1.165) is 15.9 Å². The van der Waals surface area contributed by atoms with Crippen molar-refractivity contribution in [3.63, 3.8) is 0 Å². The third-order valence-corrected chi connectivity index (χ3v) is 2.90. The molecule has 2 rings (SSSR count). The predicted octanol–water partition coefficient (Wildman–Crippen LogP) is 3.00. The molecular formula is C12H12BrN3O2. The summed E-state index contributed by atoms with van der Waals surface area (Å²) in [5, 5.41) is 3.08. The number of benzene rings is 1. The van der Waals surface area contributed by atoms with Crippen LogP contribution in [-0.4, -0.2) is 24.2 Å². The van der Waals surface area contributed by atoms with E-state index in [9.17, 15) is 0 Å². The molecule has 94 valence electrons. The molecule has 0 aliphatic heterocycles. The molecule has 0 aliphatic carbocycles. The molecule has 1 N–H and O–H groups in total. The highest BCUT2D eigenvalue weighted by Gasteiger charge is 2.04. The maximum atomic E-state index is 5.22. The van der Waals surface area contributed by atoms with Crippen LogP contribution in [0, 0.1) is 0 Å². The minimum Gasteiger partial charge on any atom is -0.495 e. The van der Waals surface area contributed by atoms with Crippen molar-refractivity contribution in [3.8, 4) is 11.6 Å². The lowest BCUT2D eigenvalue weighted by molar-refractivity contribution is 0.397. The van der Waals surface area contributed by atoms with Gasteiger partial charge >= 0.3 is 0 Å². The molecule has 0 aliphatic rings. The van der Waals surface area contributed by atoms with Crippen LogP contribution in [0.1, 0.15) is 0 Å². The van der Waals surface area contributed by atoms with Crippen LogP contribution in [0.2, 0.25) is 0 Å². The van der Waals surface area contributed by atoms with Crippen LogP contribution in [0.4, 0.5) is 11.6 Å². The number of hydrogen-bond acceptors (Lipinski definition) is 5. The SMILES string of the molecule is COc1ccnc(Nc2ccc(Br)c(OC)c2)n1. The molecule has 1 aromatic heterocycles. The number of ether oxygens (including phenoxy) is 2. The molecule has 1 aromatic carbocycles. The quantitative estimate of drug-likeness (QED) is 0.941. The summed E-state index contributed by atoms with van der Waals surface area (Å²) in [5.74, 6) is 1.72. The lowest BCUT2D eigenvalue weighted by Crippen LogP contribution is -1.98. The molecule has 0 amide bonds. The van der Waals surface area contributed by atoms with Crippen molar-refractivity contribution in [2.45, 2.75) is 0 Å². The molecule has 6 heteroatoms. The highest BCUT2D eigenvalue weighted by atomic mass is 79.9. The van der Waals surface area contributed by atoms with E-state index in [4.69, 9.17) is 9.47 Å². The zero-order valence-electron chi connectivity index (χ0n) is 9.98. The smallest absolute Gasteiger partial charge is 0.230 e. The van der Waals surface area contributed by atoms with Gasteiger partial charge in [0.25, 0.3) is 0 Å². The second-order valence-electron chi connectivity index (χ2n) is 3.40. The van der Waals surface area contributed by atoms with Gasteiger partial charge in [-0.25, -0.2) is 4.98 Å². The van der Waals surface area contributed by atoms with Gasteiger partial charge in [0.05, 0.1) is 18.7 Å². The van der Waals surface area contributed by atoms with Crippen LogP contribution < -0.4 is 14.8 Å². The number of aromatic nitrogens is 2. The highest BCUT2D eigenvalue weighted by molar-refractivity contribution is 9.10. The van der Waals surface area contributed by atoms with Crippen molar-refractivity contribution in [2.24, 2.45) is 0 Å². The number of methoxy groups -OCH3 is 2. The minimum atomic E-state index is 0.471. The van der Waals surface area contributed by atoms with Crippen molar-refractivity contribution in [1.29, 1.82) is 0 Å². The Balaban J connectivity index is 2.22. The molecule has 0 spiro atoms. The third kappa shape index (κ3) is 2.89. The Kier molecular flexibility index (Phi) is 3.99. The molecule has 2 aromatic rings. The molecule has 0 bridgehead atoms. The van der Waals surface area contributed by atoms with E-state index in [1.807, 2.05) is 18.2 Å². The van der Waals surface area contributed by atoms with Crippen molar-refractivity contribution >= 4 is 27.6 Å². The van der Waals surface area contributed by atoms with Crippen LogP contribution in [-0.2, 0) is 0 Å². The average Bonchev–Trinajstić information content (AvgIpc) is 2.41. The maximum Gasteiger partial charge on any atom is 0.230 e. The van der Waals surface area contributed by atoms with Crippen molar-refractivity contribution in [1.82, 2.24) is 9.97 Å². The average molecular weight is 310 g/mol. The molecule has 18 heavy (non-hydrogen) atoms.